The van der Waals surface area contributed by atoms with Crippen molar-refractivity contribution in [2.75, 3.05) is 33.4 Å². The molecule has 0 aliphatic rings. The molecule has 0 radical (unpaired) electrons. The SMILES string of the molecule is CCOCCOC(CNC)c1ccccc1F. The van der Waals surface area contributed by atoms with Crippen LogP contribution in [0.3, 0.4) is 0 Å². The summed E-state index contributed by atoms with van der Waals surface area (Å²) in [5.41, 5.74) is 0.582. The van der Waals surface area contributed by atoms with Gasteiger partial charge in [0.05, 0.1) is 19.3 Å². The number of hydrogen-bond acceptors (Lipinski definition) is 3. The molecule has 0 aliphatic heterocycles. The number of hydrogen-bond donors (Lipinski definition) is 1. The van der Waals surface area contributed by atoms with Crippen molar-refractivity contribution in [1.82, 2.24) is 5.32 Å². The number of benzene rings is 1. The number of likely N-dealkylation sites (N-methyl/N-ethyl adjacent to an activating group) is 1. The molecule has 1 N–H and O–H groups in total. The van der Waals surface area contributed by atoms with E-state index in [-0.39, 0.29) is 11.9 Å². The fourth-order valence-electron chi connectivity index (χ4n) is 1.57. The van der Waals surface area contributed by atoms with E-state index in [0.29, 0.717) is 31.9 Å². The van der Waals surface area contributed by atoms with Gasteiger partial charge >= 0.3 is 0 Å². The third-order valence-electron chi connectivity index (χ3n) is 2.39. The van der Waals surface area contributed by atoms with Gasteiger partial charge in [-0.25, -0.2) is 4.39 Å². The van der Waals surface area contributed by atoms with E-state index >= 15 is 0 Å². The van der Waals surface area contributed by atoms with E-state index in [1.165, 1.54) is 6.07 Å². The summed E-state index contributed by atoms with van der Waals surface area (Å²) in [6.07, 6.45) is -0.276. The van der Waals surface area contributed by atoms with Crippen molar-refractivity contribution < 1.29 is 13.9 Å². The van der Waals surface area contributed by atoms with Crippen LogP contribution < -0.4 is 5.32 Å². The van der Waals surface area contributed by atoms with Gasteiger partial charge in [0.15, 0.2) is 0 Å². The third kappa shape index (κ3) is 4.81. The van der Waals surface area contributed by atoms with Crippen molar-refractivity contribution in [2.45, 2.75) is 13.0 Å². The zero-order chi connectivity index (χ0) is 12.5. The molecule has 4 heteroatoms. The van der Waals surface area contributed by atoms with Gasteiger partial charge in [0.1, 0.15) is 5.82 Å². The summed E-state index contributed by atoms with van der Waals surface area (Å²) in [7, 11) is 1.82. The summed E-state index contributed by atoms with van der Waals surface area (Å²) in [6.45, 7) is 4.18. The summed E-state index contributed by atoms with van der Waals surface area (Å²) in [6, 6.07) is 6.68. The average molecular weight is 241 g/mol. The van der Waals surface area contributed by atoms with Crippen LogP contribution in [0.1, 0.15) is 18.6 Å². The van der Waals surface area contributed by atoms with Gasteiger partial charge in [0, 0.05) is 18.7 Å². The molecule has 1 rings (SSSR count). The van der Waals surface area contributed by atoms with Gasteiger partial charge in [-0.1, -0.05) is 18.2 Å². The maximum Gasteiger partial charge on any atom is 0.129 e. The van der Waals surface area contributed by atoms with Crippen molar-refractivity contribution >= 4 is 0 Å². The Hall–Kier alpha value is -0.970. The van der Waals surface area contributed by atoms with Gasteiger partial charge in [-0.3, -0.25) is 0 Å². The monoisotopic (exact) mass is 241 g/mol. The molecular formula is C13H20FNO2. The van der Waals surface area contributed by atoms with Crippen LogP contribution in [0.25, 0.3) is 0 Å². The highest BCUT2D eigenvalue weighted by Crippen LogP contribution is 2.19. The van der Waals surface area contributed by atoms with Gasteiger partial charge in [-0.05, 0) is 20.0 Å². The first kappa shape index (κ1) is 14.1. The highest BCUT2D eigenvalue weighted by atomic mass is 19.1. The summed E-state index contributed by atoms with van der Waals surface area (Å²) >= 11 is 0. The first-order valence-corrected chi connectivity index (χ1v) is 5.88. The van der Waals surface area contributed by atoms with E-state index in [1.807, 2.05) is 20.0 Å². The minimum absolute atomic E-state index is 0.232. The molecule has 0 aliphatic carbocycles. The number of halogens is 1. The van der Waals surface area contributed by atoms with Crippen LogP contribution in [0, 0.1) is 5.82 Å². The summed E-state index contributed by atoms with van der Waals surface area (Å²) in [5.74, 6) is -0.232. The van der Waals surface area contributed by atoms with Gasteiger partial charge in [0.25, 0.3) is 0 Å². The topological polar surface area (TPSA) is 30.5 Å². The maximum absolute atomic E-state index is 13.6. The molecule has 0 bridgehead atoms. The first-order chi connectivity index (χ1) is 8.29. The molecule has 3 nitrogen and oxygen atoms in total. The first-order valence-electron chi connectivity index (χ1n) is 5.88. The smallest absolute Gasteiger partial charge is 0.129 e. The van der Waals surface area contributed by atoms with E-state index in [1.54, 1.807) is 12.1 Å². The van der Waals surface area contributed by atoms with E-state index in [2.05, 4.69) is 5.32 Å². The quantitative estimate of drug-likeness (QED) is 0.707. The van der Waals surface area contributed by atoms with Crippen LogP contribution in [0.2, 0.25) is 0 Å². The minimum Gasteiger partial charge on any atom is -0.379 e. The molecule has 1 aromatic rings. The molecule has 0 saturated carbocycles. The van der Waals surface area contributed by atoms with E-state index in [9.17, 15) is 4.39 Å². The average Bonchev–Trinajstić information content (AvgIpc) is 2.34. The van der Waals surface area contributed by atoms with Crippen molar-refractivity contribution in [3.8, 4) is 0 Å². The predicted molar refractivity (Wildman–Crippen MR) is 65.5 cm³/mol. The Morgan fingerprint density at radius 1 is 1.29 bits per heavy atom. The lowest BCUT2D eigenvalue weighted by Gasteiger charge is -2.18. The summed E-state index contributed by atoms with van der Waals surface area (Å²) in [5, 5.41) is 3.00. The number of ether oxygens (including phenoxy) is 2. The molecular weight excluding hydrogens is 221 g/mol. The Kier molecular flexibility index (Phi) is 6.77. The van der Waals surface area contributed by atoms with E-state index in [4.69, 9.17) is 9.47 Å². The van der Waals surface area contributed by atoms with Crippen LogP contribution >= 0.6 is 0 Å². The summed E-state index contributed by atoms with van der Waals surface area (Å²) in [4.78, 5) is 0. The summed E-state index contributed by atoms with van der Waals surface area (Å²) < 4.78 is 24.4. The zero-order valence-corrected chi connectivity index (χ0v) is 10.4. The molecule has 1 aromatic carbocycles. The van der Waals surface area contributed by atoms with Gasteiger partial charge in [-0.15, -0.1) is 0 Å². The lowest BCUT2D eigenvalue weighted by atomic mass is 10.1. The molecule has 0 heterocycles. The fraction of sp³-hybridized carbons (Fsp3) is 0.538. The number of nitrogens with one attached hydrogen (secondary N) is 1. The molecule has 0 amide bonds. The highest BCUT2D eigenvalue weighted by Gasteiger charge is 2.14. The second kappa shape index (κ2) is 8.17. The Labute approximate surface area is 102 Å². The van der Waals surface area contributed by atoms with Gasteiger partial charge < -0.3 is 14.8 Å². The van der Waals surface area contributed by atoms with Crippen LogP contribution in [0.4, 0.5) is 4.39 Å². The Morgan fingerprint density at radius 2 is 2.06 bits per heavy atom. The fourth-order valence-corrected chi connectivity index (χ4v) is 1.57. The van der Waals surface area contributed by atoms with E-state index < -0.39 is 0 Å². The molecule has 0 saturated heterocycles. The molecule has 96 valence electrons. The molecule has 0 aromatic heterocycles. The van der Waals surface area contributed by atoms with Crippen LogP contribution in [0.5, 0.6) is 0 Å². The van der Waals surface area contributed by atoms with E-state index in [0.717, 1.165) is 0 Å². The normalized spacial score (nSPS) is 12.6. The van der Waals surface area contributed by atoms with Crippen molar-refractivity contribution in [3.05, 3.63) is 35.6 Å². The highest BCUT2D eigenvalue weighted by molar-refractivity contribution is 5.20. The number of rotatable bonds is 8. The lowest BCUT2D eigenvalue weighted by Crippen LogP contribution is -2.22. The van der Waals surface area contributed by atoms with Gasteiger partial charge in [0.2, 0.25) is 0 Å². The second-order valence-corrected chi connectivity index (χ2v) is 3.64. The Balaban J connectivity index is 2.56. The standard InChI is InChI=1S/C13H20FNO2/c1-3-16-8-9-17-13(10-15-2)11-6-4-5-7-12(11)14/h4-7,13,15H,3,8-10H2,1-2H3. The lowest BCUT2D eigenvalue weighted by molar-refractivity contribution is 0.00620. The van der Waals surface area contributed by atoms with Crippen molar-refractivity contribution in [3.63, 3.8) is 0 Å². The van der Waals surface area contributed by atoms with Gasteiger partial charge in [-0.2, -0.15) is 0 Å². The van der Waals surface area contributed by atoms with Crippen LogP contribution in [-0.2, 0) is 9.47 Å². The van der Waals surface area contributed by atoms with Crippen molar-refractivity contribution in [1.29, 1.82) is 0 Å². The van der Waals surface area contributed by atoms with Crippen LogP contribution in [0.15, 0.2) is 24.3 Å². The molecule has 1 unspecified atom stereocenters. The second-order valence-electron chi connectivity index (χ2n) is 3.64. The molecule has 17 heavy (non-hydrogen) atoms. The Bertz CT molecular complexity index is 320. The zero-order valence-electron chi connectivity index (χ0n) is 10.4. The minimum atomic E-state index is -0.276. The molecule has 0 fully saturated rings. The maximum atomic E-state index is 13.6. The Morgan fingerprint density at radius 3 is 2.71 bits per heavy atom. The molecule has 1 atom stereocenters. The largest absolute Gasteiger partial charge is 0.379 e. The van der Waals surface area contributed by atoms with Crippen LogP contribution in [-0.4, -0.2) is 33.4 Å². The predicted octanol–water partition coefficient (Wildman–Crippen LogP) is 2.14. The third-order valence-corrected chi connectivity index (χ3v) is 2.39. The van der Waals surface area contributed by atoms with Crippen molar-refractivity contribution in [2.24, 2.45) is 0 Å². The molecule has 0 spiro atoms.